The lowest BCUT2D eigenvalue weighted by atomic mass is 10.1. The van der Waals surface area contributed by atoms with E-state index >= 15 is 0 Å². The maximum Gasteiger partial charge on any atom is 0.331 e. The average Bonchev–Trinajstić information content (AvgIpc) is 2.65. The van der Waals surface area contributed by atoms with E-state index in [1.807, 2.05) is 6.07 Å². The van der Waals surface area contributed by atoms with Gasteiger partial charge in [-0.1, -0.05) is 42.5 Å². The normalized spacial score (nSPS) is 10.4. The Bertz CT molecular complexity index is 877. The number of nitrogens with one attached hydrogen (secondary N) is 1. The summed E-state index contributed by atoms with van der Waals surface area (Å²) < 4.78 is 4.73. The van der Waals surface area contributed by atoms with Crippen LogP contribution in [0.4, 0.5) is 5.69 Å². The molecule has 27 heavy (non-hydrogen) atoms. The summed E-state index contributed by atoms with van der Waals surface area (Å²) in [5.74, 6) is -2.06. The first-order chi connectivity index (χ1) is 12.9. The zero-order valence-electron chi connectivity index (χ0n) is 14.2. The average molecular weight is 368 g/mol. The number of benzene rings is 2. The van der Waals surface area contributed by atoms with Gasteiger partial charge in [-0.25, -0.2) is 4.79 Å². The van der Waals surface area contributed by atoms with Crippen molar-refractivity contribution in [3.8, 4) is 0 Å². The molecule has 0 unspecified atom stereocenters. The molecule has 8 heteroatoms. The van der Waals surface area contributed by atoms with Crippen molar-refractivity contribution >= 4 is 29.5 Å². The van der Waals surface area contributed by atoms with Crippen LogP contribution < -0.4 is 5.32 Å². The molecule has 0 atom stereocenters. The second-order valence-corrected chi connectivity index (χ2v) is 5.43. The van der Waals surface area contributed by atoms with Crippen LogP contribution >= 0.6 is 0 Å². The minimum Gasteiger partial charge on any atom is -0.452 e. The Hall–Kier alpha value is -3.81. The maximum absolute atomic E-state index is 11.7. The van der Waals surface area contributed by atoms with E-state index in [0.29, 0.717) is 5.56 Å². The Balaban J connectivity index is 1.77. The van der Waals surface area contributed by atoms with Gasteiger partial charge in [0.05, 0.1) is 11.3 Å². The summed E-state index contributed by atoms with van der Waals surface area (Å²) in [5.41, 5.74) is 1.07. The van der Waals surface area contributed by atoms with Gasteiger partial charge in [0, 0.05) is 18.2 Å². The molecule has 2 rings (SSSR count). The second-order valence-electron chi connectivity index (χ2n) is 5.43. The van der Waals surface area contributed by atoms with Gasteiger partial charge in [0.1, 0.15) is 0 Å². The van der Waals surface area contributed by atoms with Crippen molar-refractivity contribution in [3.63, 3.8) is 0 Å². The molecule has 0 aliphatic heterocycles. The van der Waals surface area contributed by atoms with Crippen molar-refractivity contribution in [2.45, 2.75) is 6.42 Å². The molecule has 2 aromatic rings. The highest BCUT2D eigenvalue weighted by molar-refractivity contribution is 5.97. The van der Waals surface area contributed by atoms with E-state index in [0.717, 1.165) is 11.6 Å². The third-order valence-corrected chi connectivity index (χ3v) is 3.32. The van der Waals surface area contributed by atoms with Gasteiger partial charge in [0.15, 0.2) is 6.61 Å². The molecule has 0 aliphatic rings. The smallest absolute Gasteiger partial charge is 0.331 e. The van der Waals surface area contributed by atoms with Crippen LogP contribution in [0.15, 0.2) is 60.7 Å². The van der Waals surface area contributed by atoms with Gasteiger partial charge in [-0.2, -0.15) is 0 Å². The Kier molecular flexibility index (Phi) is 6.95. The number of nitrogens with zero attached hydrogens (tertiary/aromatic N) is 1. The fourth-order valence-corrected chi connectivity index (χ4v) is 2.11. The maximum atomic E-state index is 11.7. The highest BCUT2D eigenvalue weighted by Crippen LogP contribution is 2.14. The molecular formula is C19H16N2O6. The third kappa shape index (κ3) is 6.91. The Morgan fingerprint density at radius 3 is 2.48 bits per heavy atom. The molecule has 1 N–H and O–H groups in total. The number of hydrogen-bond acceptors (Lipinski definition) is 6. The molecule has 0 bridgehead atoms. The summed E-state index contributed by atoms with van der Waals surface area (Å²) in [6.45, 7) is -0.612. The van der Waals surface area contributed by atoms with E-state index in [4.69, 9.17) is 4.74 Å². The molecule has 2 amide bonds. The number of non-ortho nitro benzene ring substituents is 1. The second kappa shape index (κ2) is 9.62. The molecule has 0 heterocycles. The van der Waals surface area contributed by atoms with E-state index in [-0.39, 0.29) is 12.1 Å². The van der Waals surface area contributed by atoms with Crippen LogP contribution in [0.5, 0.6) is 0 Å². The number of ether oxygens (including phenoxy) is 1. The van der Waals surface area contributed by atoms with Crippen LogP contribution in [0.1, 0.15) is 11.1 Å². The van der Waals surface area contributed by atoms with E-state index in [1.54, 1.807) is 30.3 Å². The summed E-state index contributed by atoms with van der Waals surface area (Å²) >= 11 is 0. The summed E-state index contributed by atoms with van der Waals surface area (Å²) in [5, 5.41) is 12.8. The van der Waals surface area contributed by atoms with Gasteiger partial charge in [0.25, 0.3) is 11.6 Å². The van der Waals surface area contributed by atoms with Gasteiger partial charge in [-0.15, -0.1) is 0 Å². The van der Waals surface area contributed by atoms with Gasteiger partial charge in [-0.05, 0) is 17.2 Å². The van der Waals surface area contributed by atoms with Gasteiger partial charge < -0.3 is 4.74 Å². The number of esters is 1. The number of nitro benzene ring substituents is 1. The molecule has 8 nitrogen and oxygen atoms in total. The van der Waals surface area contributed by atoms with E-state index in [2.05, 4.69) is 5.32 Å². The molecular weight excluding hydrogens is 352 g/mol. The van der Waals surface area contributed by atoms with Gasteiger partial charge in [-0.3, -0.25) is 25.0 Å². The van der Waals surface area contributed by atoms with Crippen LogP contribution in [-0.4, -0.2) is 29.3 Å². The zero-order chi connectivity index (χ0) is 19.6. The third-order valence-electron chi connectivity index (χ3n) is 3.32. The summed E-state index contributed by atoms with van der Waals surface area (Å²) in [6, 6.07) is 14.5. The monoisotopic (exact) mass is 368 g/mol. The number of carbonyl (C=O) groups is 3. The molecule has 0 spiro atoms. The van der Waals surface area contributed by atoms with E-state index in [9.17, 15) is 24.5 Å². The number of hydrogen-bond donors (Lipinski definition) is 1. The minimum atomic E-state index is -0.813. The number of amides is 2. The van der Waals surface area contributed by atoms with E-state index < -0.39 is 29.3 Å². The van der Waals surface area contributed by atoms with Crippen LogP contribution in [-0.2, 0) is 25.5 Å². The van der Waals surface area contributed by atoms with Crippen molar-refractivity contribution < 1.29 is 24.0 Å². The Labute approximate surface area is 154 Å². The van der Waals surface area contributed by atoms with Crippen LogP contribution in [0.25, 0.3) is 6.08 Å². The molecule has 0 aromatic heterocycles. The quantitative estimate of drug-likeness (QED) is 0.346. The van der Waals surface area contributed by atoms with Crippen LogP contribution in [0, 0.1) is 10.1 Å². The zero-order valence-corrected chi connectivity index (χ0v) is 14.2. The summed E-state index contributed by atoms with van der Waals surface area (Å²) in [4.78, 5) is 45.1. The lowest BCUT2D eigenvalue weighted by Gasteiger charge is -2.04. The molecule has 0 saturated heterocycles. The number of rotatable bonds is 7. The van der Waals surface area contributed by atoms with Crippen molar-refractivity contribution in [1.82, 2.24) is 5.32 Å². The lowest BCUT2D eigenvalue weighted by molar-refractivity contribution is -0.384. The highest BCUT2D eigenvalue weighted by atomic mass is 16.6. The first-order valence-electron chi connectivity index (χ1n) is 7.90. The first kappa shape index (κ1) is 19.5. The molecule has 0 aliphatic carbocycles. The largest absolute Gasteiger partial charge is 0.452 e. The van der Waals surface area contributed by atoms with Gasteiger partial charge >= 0.3 is 5.97 Å². The summed E-state index contributed by atoms with van der Waals surface area (Å²) in [7, 11) is 0. The van der Waals surface area contributed by atoms with Crippen molar-refractivity contribution in [2.24, 2.45) is 0 Å². The van der Waals surface area contributed by atoms with Crippen LogP contribution in [0.3, 0.4) is 0 Å². The predicted molar refractivity (Wildman–Crippen MR) is 96.4 cm³/mol. The van der Waals surface area contributed by atoms with Crippen LogP contribution in [0.2, 0.25) is 0 Å². The fraction of sp³-hybridized carbons (Fsp3) is 0.105. The Morgan fingerprint density at radius 1 is 1.04 bits per heavy atom. The predicted octanol–water partition coefficient (Wildman–Crippen LogP) is 2.04. The first-order valence-corrected chi connectivity index (χ1v) is 7.90. The van der Waals surface area contributed by atoms with Crippen molar-refractivity contribution in [3.05, 3.63) is 81.9 Å². The summed E-state index contributed by atoms with van der Waals surface area (Å²) in [6.07, 6.45) is 2.40. The number of carbonyl (C=O) groups excluding carboxylic acids is 3. The van der Waals surface area contributed by atoms with E-state index in [1.165, 1.54) is 24.3 Å². The fourth-order valence-electron chi connectivity index (χ4n) is 2.11. The molecule has 0 radical (unpaired) electrons. The SMILES string of the molecule is O=C(COC(=O)/C=C/c1cccc([N+](=O)[O-])c1)NC(=O)Cc1ccccc1. The standard InChI is InChI=1S/C19H16N2O6/c22-17(12-14-5-2-1-3-6-14)20-18(23)13-27-19(24)10-9-15-7-4-8-16(11-15)21(25)26/h1-11H,12-13H2,(H,20,22,23)/b10-9+. The molecule has 138 valence electrons. The molecule has 0 fully saturated rings. The number of nitro groups is 1. The van der Waals surface area contributed by atoms with Crippen molar-refractivity contribution in [2.75, 3.05) is 6.61 Å². The number of imide groups is 1. The topological polar surface area (TPSA) is 116 Å². The van der Waals surface area contributed by atoms with Gasteiger partial charge in [0.2, 0.25) is 5.91 Å². The minimum absolute atomic E-state index is 0.0349. The van der Waals surface area contributed by atoms with Crippen molar-refractivity contribution in [1.29, 1.82) is 0 Å². The highest BCUT2D eigenvalue weighted by Gasteiger charge is 2.10. The molecule has 0 saturated carbocycles. The molecule has 2 aromatic carbocycles. The Morgan fingerprint density at radius 2 is 1.78 bits per heavy atom. The lowest BCUT2D eigenvalue weighted by Crippen LogP contribution is -2.35.